The number of benzene rings is 1. The van der Waals surface area contributed by atoms with Crippen LogP contribution in [0.15, 0.2) is 36.7 Å². The van der Waals surface area contributed by atoms with Crippen molar-refractivity contribution < 1.29 is 4.79 Å². The molecule has 1 aromatic carbocycles. The van der Waals surface area contributed by atoms with Crippen LogP contribution in [0.5, 0.6) is 0 Å². The molecule has 1 N–H and O–H groups in total. The number of nitrogens with zero attached hydrogens (tertiary/aromatic N) is 3. The Morgan fingerprint density at radius 3 is 2.76 bits per heavy atom. The fraction of sp³-hybridized carbons (Fsp3) is 0.250. The second kappa shape index (κ2) is 5.25. The number of aryl methyl sites for hydroxylation is 1. The van der Waals surface area contributed by atoms with Crippen molar-refractivity contribution in [2.24, 2.45) is 7.05 Å². The molecule has 88 valence electrons. The van der Waals surface area contributed by atoms with Crippen LogP contribution in [0.3, 0.4) is 0 Å². The van der Waals surface area contributed by atoms with Gasteiger partial charge >= 0.3 is 0 Å². The van der Waals surface area contributed by atoms with Crippen LogP contribution in [0, 0.1) is 0 Å². The Labute approximate surface area is 99.5 Å². The highest BCUT2D eigenvalue weighted by Gasteiger charge is 2.07. The molecule has 0 amide bonds. The number of rotatable bonds is 5. The third-order valence-corrected chi connectivity index (χ3v) is 2.42. The zero-order valence-electron chi connectivity index (χ0n) is 9.63. The molecule has 0 aliphatic rings. The number of aromatic nitrogens is 3. The van der Waals surface area contributed by atoms with Gasteiger partial charge in [-0.1, -0.05) is 18.2 Å². The van der Waals surface area contributed by atoms with E-state index < -0.39 is 0 Å². The summed E-state index contributed by atoms with van der Waals surface area (Å²) in [6.45, 7) is 0.302. The lowest BCUT2D eigenvalue weighted by molar-refractivity contribution is -0.116. The van der Waals surface area contributed by atoms with E-state index in [0.717, 1.165) is 5.69 Å². The van der Waals surface area contributed by atoms with Gasteiger partial charge in [-0.15, -0.1) is 0 Å². The molecule has 1 aromatic heterocycles. The smallest absolute Gasteiger partial charge is 0.159 e. The minimum atomic E-state index is 0.0879. The Morgan fingerprint density at radius 1 is 1.35 bits per heavy atom. The first kappa shape index (κ1) is 11.3. The summed E-state index contributed by atoms with van der Waals surface area (Å²) in [6, 6.07) is 9.64. The van der Waals surface area contributed by atoms with Gasteiger partial charge in [-0.25, -0.2) is 4.98 Å². The number of anilines is 1. The highest BCUT2D eigenvalue weighted by Crippen LogP contribution is 2.04. The van der Waals surface area contributed by atoms with E-state index in [1.54, 1.807) is 11.7 Å². The minimum Gasteiger partial charge on any atom is -0.378 e. The van der Waals surface area contributed by atoms with Crippen LogP contribution in [0.4, 0.5) is 5.69 Å². The third-order valence-electron chi connectivity index (χ3n) is 2.42. The second-order valence-corrected chi connectivity index (χ2v) is 3.73. The molecule has 0 bridgehead atoms. The number of para-hydroxylation sites is 1. The molecule has 0 spiro atoms. The lowest BCUT2D eigenvalue weighted by atomic mass is 10.2. The zero-order valence-corrected chi connectivity index (χ0v) is 9.63. The molecule has 0 atom stereocenters. The van der Waals surface area contributed by atoms with Crippen molar-refractivity contribution in [2.45, 2.75) is 6.42 Å². The first-order valence-corrected chi connectivity index (χ1v) is 5.39. The highest BCUT2D eigenvalue weighted by molar-refractivity contribution is 5.84. The van der Waals surface area contributed by atoms with Crippen molar-refractivity contribution in [3.8, 4) is 0 Å². The van der Waals surface area contributed by atoms with E-state index >= 15 is 0 Å². The maximum absolute atomic E-state index is 11.7. The Kier molecular flexibility index (Phi) is 3.49. The molecule has 0 unspecified atom stereocenters. The summed E-state index contributed by atoms with van der Waals surface area (Å²) in [7, 11) is 1.78. The SMILES string of the molecule is Cn1ncnc1CC(=O)CNc1ccccc1. The monoisotopic (exact) mass is 230 g/mol. The van der Waals surface area contributed by atoms with E-state index in [-0.39, 0.29) is 5.78 Å². The Bertz CT molecular complexity index is 492. The zero-order chi connectivity index (χ0) is 12.1. The molecule has 2 rings (SSSR count). The maximum atomic E-state index is 11.7. The molecule has 5 nitrogen and oxygen atoms in total. The van der Waals surface area contributed by atoms with Gasteiger partial charge < -0.3 is 5.32 Å². The first-order valence-electron chi connectivity index (χ1n) is 5.39. The molecule has 1 heterocycles. The molecule has 0 saturated heterocycles. The van der Waals surface area contributed by atoms with E-state index in [9.17, 15) is 4.79 Å². The van der Waals surface area contributed by atoms with Crippen molar-refractivity contribution in [2.75, 3.05) is 11.9 Å². The van der Waals surface area contributed by atoms with Gasteiger partial charge in [0.05, 0.1) is 13.0 Å². The fourth-order valence-electron chi connectivity index (χ4n) is 1.48. The third kappa shape index (κ3) is 3.14. The van der Waals surface area contributed by atoms with E-state index in [4.69, 9.17) is 0 Å². The van der Waals surface area contributed by atoms with Crippen molar-refractivity contribution in [1.29, 1.82) is 0 Å². The lowest BCUT2D eigenvalue weighted by Gasteiger charge is -2.04. The van der Waals surface area contributed by atoms with Crippen LogP contribution in [-0.4, -0.2) is 27.1 Å². The topological polar surface area (TPSA) is 59.8 Å². The van der Waals surface area contributed by atoms with E-state index in [1.165, 1.54) is 6.33 Å². The van der Waals surface area contributed by atoms with Crippen molar-refractivity contribution in [1.82, 2.24) is 14.8 Å². The van der Waals surface area contributed by atoms with Gasteiger partial charge in [0.1, 0.15) is 12.2 Å². The molecule has 2 aromatic rings. The predicted molar refractivity (Wildman–Crippen MR) is 64.6 cm³/mol. The molecular formula is C12H14N4O. The summed E-state index contributed by atoms with van der Waals surface area (Å²) in [5.41, 5.74) is 0.943. The number of nitrogens with one attached hydrogen (secondary N) is 1. The van der Waals surface area contributed by atoms with Gasteiger partial charge in [0.15, 0.2) is 5.78 Å². The van der Waals surface area contributed by atoms with Crippen LogP contribution >= 0.6 is 0 Å². The van der Waals surface area contributed by atoms with Crippen molar-refractivity contribution >= 4 is 11.5 Å². The second-order valence-electron chi connectivity index (χ2n) is 3.73. The Balaban J connectivity index is 1.85. The number of carbonyl (C=O) groups excluding carboxylic acids is 1. The fourth-order valence-corrected chi connectivity index (χ4v) is 1.48. The number of hydrogen-bond acceptors (Lipinski definition) is 4. The van der Waals surface area contributed by atoms with Gasteiger partial charge in [0, 0.05) is 12.7 Å². The van der Waals surface area contributed by atoms with Crippen LogP contribution in [0.1, 0.15) is 5.82 Å². The molecule has 0 saturated carbocycles. The first-order chi connectivity index (χ1) is 8.25. The summed E-state index contributed by atoms with van der Waals surface area (Å²) < 4.78 is 1.61. The normalized spacial score (nSPS) is 10.2. The van der Waals surface area contributed by atoms with Gasteiger partial charge in [-0.3, -0.25) is 9.48 Å². The van der Waals surface area contributed by atoms with E-state index in [0.29, 0.717) is 18.8 Å². The summed E-state index contributed by atoms with van der Waals surface area (Å²) in [5, 5.41) is 6.99. The summed E-state index contributed by atoms with van der Waals surface area (Å²) >= 11 is 0. The van der Waals surface area contributed by atoms with Crippen LogP contribution in [0.25, 0.3) is 0 Å². The van der Waals surface area contributed by atoms with Crippen LogP contribution < -0.4 is 5.32 Å². The molecular weight excluding hydrogens is 216 g/mol. The van der Waals surface area contributed by atoms with Crippen LogP contribution in [0.2, 0.25) is 0 Å². The van der Waals surface area contributed by atoms with Crippen molar-refractivity contribution in [3.63, 3.8) is 0 Å². The molecule has 17 heavy (non-hydrogen) atoms. The molecule has 5 heteroatoms. The summed E-state index contributed by atoms with van der Waals surface area (Å²) in [6.07, 6.45) is 1.75. The maximum Gasteiger partial charge on any atom is 0.159 e. The lowest BCUT2D eigenvalue weighted by Crippen LogP contribution is -2.18. The Morgan fingerprint density at radius 2 is 2.12 bits per heavy atom. The van der Waals surface area contributed by atoms with Gasteiger partial charge in [0.2, 0.25) is 0 Å². The quantitative estimate of drug-likeness (QED) is 0.833. The van der Waals surface area contributed by atoms with Crippen molar-refractivity contribution in [3.05, 3.63) is 42.5 Å². The predicted octanol–water partition coefficient (Wildman–Crippen LogP) is 1.04. The van der Waals surface area contributed by atoms with Gasteiger partial charge in [0.25, 0.3) is 0 Å². The number of carbonyl (C=O) groups is 1. The molecule has 0 radical (unpaired) electrons. The Hall–Kier alpha value is -2.17. The standard InChI is InChI=1S/C12H14N4O/c1-16-12(14-9-15-16)7-11(17)8-13-10-5-3-2-4-6-10/h2-6,9,13H,7-8H2,1H3. The highest BCUT2D eigenvalue weighted by atomic mass is 16.1. The average molecular weight is 230 g/mol. The minimum absolute atomic E-state index is 0.0879. The molecule has 0 aliphatic carbocycles. The van der Waals surface area contributed by atoms with E-state index in [1.807, 2.05) is 30.3 Å². The van der Waals surface area contributed by atoms with E-state index in [2.05, 4.69) is 15.4 Å². The number of Topliss-reactive ketones (excluding diaryl/α,β-unsaturated/α-hetero) is 1. The van der Waals surface area contributed by atoms with Gasteiger partial charge in [-0.05, 0) is 12.1 Å². The number of hydrogen-bond donors (Lipinski definition) is 1. The number of ketones is 1. The largest absolute Gasteiger partial charge is 0.378 e. The molecule has 0 aliphatic heterocycles. The van der Waals surface area contributed by atoms with Crippen LogP contribution in [-0.2, 0) is 18.3 Å². The summed E-state index contributed by atoms with van der Waals surface area (Å²) in [5.74, 6) is 0.773. The average Bonchev–Trinajstić information content (AvgIpc) is 2.74. The summed E-state index contributed by atoms with van der Waals surface area (Å²) in [4.78, 5) is 15.7. The van der Waals surface area contributed by atoms with Gasteiger partial charge in [-0.2, -0.15) is 5.10 Å². The molecule has 0 fully saturated rings.